The lowest BCUT2D eigenvalue weighted by atomic mass is 9.91. The Bertz CT molecular complexity index is 286. The maximum Gasteiger partial charge on any atom is 0.0792 e. The Morgan fingerprint density at radius 1 is 1.00 bits per heavy atom. The maximum atomic E-state index is 10.2. The van der Waals surface area contributed by atoms with Gasteiger partial charge in [-0.3, -0.25) is 0 Å². The van der Waals surface area contributed by atoms with E-state index in [0.717, 1.165) is 17.9 Å². The molecule has 1 N–H and O–H groups in total. The minimum Gasteiger partial charge on any atom is -0.388 e. The molecule has 0 amide bonds. The zero-order chi connectivity index (χ0) is 11.2. The molecule has 0 aromatic heterocycles. The third kappa shape index (κ3) is 3.34. The van der Waals surface area contributed by atoms with E-state index in [4.69, 9.17) is 0 Å². The summed E-state index contributed by atoms with van der Waals surface area (Å²) in [6.45, 7) is 0. The zero-order valence-corrected chi connectivity index (χ0v) is 9.94. The minimum atomic E-state index is -0.260. The fourth-order valence-electron chi connectivity index (χ4n) is 2.73. The van der Waals surface area contributed by atoms with Crippen molar-refractivity contribution < 1.29 is 5.11 Å². The summed E-state index contributed by atoms with van der Waals surface area (Å²) in [5.74, 6) is 0.734. The highest BCUT2D eigenvalue weighted by Gasteiger charge is 2.17. The molecule has 1 aromatic carbocycles. The van der Waals surface area contributed by atoms with Crippen molar-refractivity contribution in [2.45, 2.75) is 51.0 Å². The third-order valence-electron chi connectivity index (χ3n) is 3.72. The summed E-state index contributed by atoms with van der Waals surface area (Å²) in [4.78, 5) is 0. The predicted molar refractivity (Wildman–Crippen MR) is 67.2 cm³/mol. The van der Waals surface area contributed by atoms with Crippen LogP contribution in [-0.4, -0.2) is 5.11 Å². The third-order valence-corrected chi connectivity index (χ3v) is 3.72. The van der Waals surface area contributed by atoms with E-state index in [9.17, 15) is 5.11 Å². The van der Waals surface area contributed by atoms with Crippen molar-refractivity contribution in [3.05, 3.63) is 35.9 Å². The van der Waals surface area contributed by atoms with E-state index in [0.29, 0.717) is 0 Å². The van der Waals surface area contributed by atoms with Crippen molar-refractivity contribution in [3.8, 4) is 0 Å². The van der Waals surface area contributed by atoms with Crippen LogP contribution in [0.25, 0.3) is 0 Å². The second-order valence-corrected chi connectivity index (χ2v) is 5.02. The van der Waals surface area contributed by atoms with Gasteiger partial charge >= 0.3 is 0 Å². The Balaban J connectivity index is 1.88. The molecule has 1 aromatic rings. The van der Waals surface area contributed by atoms with Crippen molar-refractivity contribution in [1.82, 2.24) is 0 Å². The number of rotatable bonds is 3. The second-order valence-electron chi connectivity index (χ2n) is 5.02. The van der Waals surface area contributed by atoms with E-state index >= 15 is 0 Å². The van der Waals surface area contributed by atoms with Gasteiger partial charge in [0, 0.05) is 0 Å². The Hall–Kier alpha value is -0.820. The number of hydrogen-bond donors (Lipinski definition) is 1. The van der Waals surface area contributed by atoms with Crippen LogP contribution in [0.5, 0.6) is 0 Å². The standard InChI is InChI=1S/C15H22O/c16-15(14-10-6-3-7-11-14)12-13-8-4-1-2-5-9-13/h3,6-7,10-11,13,15-16H,1-2,4-5,8-9,12H2. The first kappa shape index (κ1) is 11.7. The van der Waals surface area contributed by atoms with Gasteiger partial charge in [-0.25, -0.2) is 0 Å². The summed E-state index contributed by atoms with van der Waals surface area (Å²) in [5, 5.41) is 10.2. The number of aliphatic hydroxyl groups excluding tert-OH is 1. The lowest BCUT2D eigenvalue weighted by molar-refractivity contribution is 0.139. The van der Waals surface area contributed by atoms with Crippen molar-refractivity contribution >= 4 is 0 Å². The first-order valence-corrected chi connectivity index (χ1v) is 6.59. The molecule has 1 atom stereocenters. The quantitative estimate of drug-likeness (QED) is 0.758. The van der Waals surface area contributed by atoms with Crippen molar-refractivity contribution in [3.63, 3.8) is 0 Å². The zero-order valence-electron chi connectivity index (χ0n) is 9.94. The fourth-order valence-corrected chi connectivity index (χ4v) is 2.73. The Labute approximate surface area is 98.5 Å². The van der Waals surface area contributed by atoms with E-state index in [2.05, 4.69) is 0 Å². The van der Waals surface area contributed by atoms with Crippen molar-refractivity contribution in [1.29, 1.82) is 0 Å². The molecule has 0 spiro atoms. The molecule has 2 rings (SSSR count). The molecule has 0 aliphatic heterocycles. The molecular formula is C15H22O. The normalized spacial score (nSPS) is 20.3. The van der Waals surface area contributed by atoms with Crippen LogP contribution < -0.4 is 0 Å². The molecule has 0 saturated heterocycles. The molecular weight excluding hydrogens is 196 g/mol. The smallest absolute Gasteiger partial charge is 0.0792 e. The average Bonchev–Trinajstić information content (AvgIpc) is 2.59. The molecule has 1 aliphatic carbocycles. The lowest BCUT2D eigenvalue weighted by Crippen LogP contribution is -2.06. The Morgan fingerprint density at radius 2 is 1.62 bits per heavy atom. The number of hydrogen-bond acceptors (Lipinski definition) is 1. The molecule has 0 radical (unpaired) electrons. The van der Waals surface area contributed by atoms with Crippen LogP contribution in [0.4, 0.5) is 0 Å². The van der Waals surface area contributed by atoms with E-state index < -0.39 is 0 Å². The van der Waals surface area contributed by atoms with Crippen LogP contribution in [0.1, 0.15) is 56.6 Å². The maximum absolute atomic E-state index is 10.2. The Morgan fingerprint density at radius 3 is 2.25 bits per heavy atom. The predicted octanol–water partition coefficient (Wildman–Crippen LogP) is 4.08. The van der Waals surface area contributed by atoms with Crippen LogP contribution in [0.15, 0.2) is 30.3 Å². The van der Waals surface area contributed by atoms with E-state index in [1.54, 1.807) is 0 Å². The van der Waals surface area contributed by atoms with Gasteiger partial charge in [-0.1, -0.05) is 68.9 Å². The first-order chi connectivity index (χ1) is 7.86. The SMILES string of the molecule is OC(CC1CCCCCC1)c1ccccc1. The minimum absolute atomic E-state index is 0.260. The highest BCUT2D eigenvalue weighted by molar-refractivity contribution is 5.17. The molecule has 0 heterocycles. The second kappa shape index (κ2) is 6.05. The highest BCUT2D eigenvalue weighted by Crippen LogP contribution is 2.30. The van der Waals surface area contributed by atoms with Gasteiger partial charge in [0.05, 0.1) is 6.10 Å². The van der Waals surface area contributed by atoms with Gasteiger partial charge < -0.3 is 5.11 Å². The molecule has 1 unspecified atom stereocenters. The van der Waals surface area contributed by atoms with Crippen LogP contribution in [0.3, 0.4) is 0 Å². The first-order valence-electron chi connectivity index (χ1n) is 6.59. The fraction of sp³-hybridized carbons (Fsp3) is 0.600. The van der Waals surface area contributed by atoms with Crippen molar-refractivity contribution in [2.24, 2.45) is 5.92 Å². The van der Waals surface area contributed by atoms with Gasteiger partial charge in [-0.05, 0) is 17.9 Å². The highest BCUT2D eigenvalue weighted by atomic mass is 16.3. The molecule has 16 heavy (non-hydrogen) atoms. The van der Waals surface area contributed by atoms with Crippen LogP contribution in [0.2, 0.25) is 0 Å². The summed E-state index contributed by atoms with van der Waals surface area (Å²) in [6.07, 6.45) is 8.79. The summed E-state index contributed by atoms with van der Waals surface area (Å²) in [5.41, 5.74) is 1.08. The van der Waals surface area contributed by atoms with E-state index in [-0.39, 0.29) is 6.10 Å². The topological polar surface area (TPSA) is 20.2 Å². The van der Waals surface area contributed by atoms with Gasteiger partial charge in [-0.15, -0.1) is 0 Å². The van der Waals surface area contributed by atoms with E-state index in [1.807, 2.05) is 30.3 Å². The number of aliphatic hydroxyl groups is 1. The Kier molecular flexibility index (Phi) is 4.41. The summed E-state index contributed by atoms with van der Waals surface area (Å²) < 4.78 is 0. The molecule has 1 nitrogen and oxygen atoms in total. The monoisotopic (exact) mass is 218 g/mol. The van der Waals surface area contributed by atoms with Gasteiger partial charge in [0.25, 0.3) is 0 Å². The molecule has 1 heteroatoms. The largest absolute Gasteiger partial charge is 0.388 e. The summed E-state index contributed by atoms with van der Waals surface area (Å²) in [7, 11) is 0. The summed E-state index contributed by atoms with van der Waals surface area (Å²) >= 11 is 0. The molecule has 88 valence electrons. The van der Waals surface area contributed by atoms with Crippen LogP contribution in [0, 0.1) is 5.92 Å². The van der Waals surface area contributed by atoms with Gasteiger partial charge in [0.1, 0.15) is 0 Å². The van der Waals surface area contributed by atoms with Crippen molar-refractivity contribution in [2.75, 3.05) is 0 Å². The van der Waals surface area contributed by atoms with Crippen LogP contribution >= 0.6 is 0 Å². The lowest BCUT2D eigenvalue weighted by Gasteiger charge is -2.18. The van der Waals surface area contributed by atoms with Gasteiger partial charge in [0.15, 0.2) is 0 Å². The number of benzene rings is 1. The van der Waals surface area contributed by atoms with E-state index in [1.165, 1.54) is 38.5 Å². The molecule has 1 saturated carbocycles. The average molecular weight is 218 g/mol. The summed E-state index contributed by atoms with van der Waals surface area (Å²) in [6, 6.07) is 10.1. The molecule has 1 aliphatic rings. The molecule has 0 bridgehead atoms. The van der Waals surface area contributed by atoms with Crippen LogP contribution in [-0.2, 0) is 0 Å². The molecule has 1 fully saturated rings. The van der Waals surface area contributed by atoms with Gasteiger partial charge in [0.2, 0.25) is 0 Å². The van der Waals surface area contributed by atoms with Gasteiger partial charge in [-0.2, -0.15) is 0 Å².